The standard InChI is InChI=1S/C7H11NO/c1-3-6(2)7-4-5-9-8-7/h4-6H,3H2,1-2H3/t6-/m0/s1/i5D. The Morgan fingerprint density at radius 3 is 3.22 bits per heavy atom. The Bertz CT molecular complexity index is 209. The molecule has 2 nitrogen and oxygen atoms in total. The zero-order chi connectivity index (χ0) is 7.56. The van der Waals surface area contributed by atoms with E-state index in [1.807, 2.05) is 0 Å². The van der Waals surface area contributed by atoms with Crippen molar-refractivity contribution in [1.29, 1.82) is 0 Å². The molecule has 1 rings (SSSR count). The molecule has 0 saturated carbocycles. The van der Waals surface area contributed by atoms with Crippen LogP contribution in [0.3, 0.4) is 0 Å². The maximum absolute atomic E-state index is 7.06. The molecule has 1 aromatic heterocycles. The van der Waals surface area contributed by atoms with Crippen molar-refractivity contribution in [2.75, 3.05) is 0 Å². The van der Waals surface area contributed by atoms with Gasteiger partial charge >= 0.3 is 0 Å². The van der Waals surface area contributed by atoms with E-state index < -0.39 is 0 Å². The average molecular weight is 126 g/mol. The maximum atomic E-state index is 7.06. The number of nitrogens with zero attached hydrogens (tertiary/aromatic N) is 1. The molecule has 0 N–H and O–H groups in total. The molecule has 50 valence electrons. The maximum Gasteiger partial charge on any atom is 0.124 e. The molecule has 9 heavy (non-hydrogen) atoms. The quantitative estimate of drug-likeness (QED) is 0.607. The van der Waals surface area contributed by atoms with Crippen LogP contribution in [0.2, 0.25) is 0 Å². The van der Waals surface area contributed by atoms with Crippen molar-refractivity contribution >= 4 is 0 Å². The summed E-state index contributed by atoms with van der Waals surface area (Å²) in [4.78, 5) is 0. The monoisotopic (exact) mass is 126 g/mol. The average Bonchev–Trinajstić information content (AvgIpc) is 2.34. The first-order valence-electron chi connectivity index (χ1n) is 3.67. The molecule has 0 aliphatic rings. The Hall–Kier alpha value is -0.790. The van der Waals surface area contributed by atoms with Gasteiger partial charge in [-0.15, -0.1) is 0 Å². The van der Waals surface area contributed by atoms with Crippen molar-refractivity contribution in [2.24, 2.45) is 0 Å². The van der Waals surface area contributed by atoms with Crippen LogP contribution in [0.5, 0.6) is 0 Å². The van der Waals surface area contributed by atoms with Crippen LogP contribution in [-0.4, -0.2) is 5.16 Å². The molecular formula is C7H11NO. The second-order valence-corrected chi connectivity index (χ2v) is 2.18. The Balaban J connectivity index is 2.74. The van der Waals surface area contributed by atoms with Crippen molar-refractivity contribution < 1.29 is 5.89 Å². The van der Waals surface area contributed by atoms with Gasteiger partial charge in [-0.05, 0) is 6.42 Å². The van der Waals surface area contributed by atoms with Crippen molar-refractivity contribution in [1.82, 2.24) is 5.16 Å². The molecule has 0 fully saturated rings. The number of aromatic nitrogens is 1. The van der Waals surface area contributed by atoms with E-state index in [2.05, 4.69) is 23.5 Å². The van der Waals surface area contributed by atoms with E-state index in [-0.39, 0.29) is 6.24 Å². The highest BCUT2D eigenvalue weighted by atomic mass is 16.5. The Morgan fingerprint density at radius 2 is 2.78 bits per heavy atom. The first-order valence-corrected chi connectivity index (χ1v) is 3.17. The molecule has 0 unspecified atom stereocenters. The third kappa shape index (κ3) is 1.31. The molecule has 0 radical (unpaired) electrons. The smallest absolute Gasteiger partial charge is 0.124 e. The summed E-state index contributed by atoms with van der Waals surface area (Å²) in [5, 5.41) is 3.72. The summed E-state index contributed by atoms with van der Waals surface area (Å²) in [5.74, 6) is 0.405. The lowest BCUT2D eigenvalue weighted by atomic mass is 10.1. The van der Waals surface area contributed by atoms with Gasteiger partial charge in [0.2, 0.25) is 0 Å². The van der Waals surface area contributed by atoms with E-state index in [0.29, 0.717) is 5.92 Å². The summed E-state index contributed by atoms with van der Waals surface area (Å²) in [6.45, 7) is 4.15. The molecule has 2 heteroatoms. The largest absolute Gasteiger partial charge is 0.365 e. The lowest BCUT2D eigenvalue weighted by molar-refractivity contribution is 0.406. The van der Waals surface area contributed by atoms with Crippen LogP contribution in [-0.2, 0) is 0 Å². The van der Waals surface area contributed by atoms with Gasteiger partial charge in [-0.1, -0.05) is 19.0 Å². The Kier molecular flexibility index (Phi) is 1.49. The van der Waals surface area contributed by atoms with Crippen LogP contribution in [0, 0.1) is 0 Å². The molecule has 0 aliphatic carbocycles. The highest BCUT2D eigenvalue weighted by Gasteiger charge is 2.03. The van der Waals surface area contributed by atoms with Gasteiger partial charge in [-0.25, -0.2) is 0 Å². The van der Waals surface area contributed by atoms with Gasteiger partial charge in [-0.2, -0.15) is 0 Å². The first kappa shape index (κ1) is 5.03. The lowest BCUT2D eigenvalue weighted by Gasteiger charge is -1.99. The Morgan fingerprint density at radius 1 is 2.00 bits per heavy atom. The fraction of sp³-hybridized carbons (Fsp3) is 0.571. The molecule has 1 atom stereocenters. The summed E-state index contributed by atoms with van der Waals surface area (Å²) in [7, 11) is 0. The minimum absolute atomic E-state index is 0.148. The van der Waals surface area contributed by atoms with Gasteiger partial charge in [0, 0.05) is 12.0 Å². The SMILES string of the molecule is [2H]c1cc([C@@H](C)CC)no1. The highest BCUT2D eigenvalue weighted by Crippen LogP contribution is 2.14. The summed E-state index contributed by atoms with van der Waals surface area (Å²) in [5.41, 5.74) is 0.882. The third-order valence-corrected chi connectivity index (χ3v) is 1.53. The molecule has 1 aromatic rings. The third-order valence-electron chi connectivity index (χ3n) is 1.53. The second kappa shape index (κ2) is 2.67. The first-order chi connectivity index (χ1) is 4.74. The predicted octanol–water partition coefficient (Wildman–Crippen LogP) is 2.19. The van der Waals surface area contributed by atoms with E-state index in [4.69, 9.17) is 1.37 Å². The summed E-state index contributed by atoms with van der Waals surface area (Å²) < 4.78 is 11.7. The van der Waals surface area contributed by atoms with Crippen LogP contribution >= 0.6 is 0 Å². The van der Waals surface area contributed by atoms with Crippen LogP contribution in [0.15, 0.2) is 16.8 Å². The molecule has 1 heterocycles. The molecule has 0 amide bonds. The number of hydrogen-bond donors (Lipinski definition) is 0. The zero-order valence-electron chi connectivity index (χ0n) is 6.72. The minimum Gasteiger partial charge on any atom is -0.365 e. The highest BCUT2D eigenvalue weighted by molar-refractivity contribution is 5.01. The van der Waals surface area contributed by atoms with Gasteiger partial charge in [-0.3, -0.25) is 0 Å². The van der Waals surface area contributed by atoms with E-state index in [1.165, 1.54) is 0 Å². The minimum atomic E-state index is 0.148. The summed E-state index contributed by atoms with van der Waals surface area (Å²) in [6, 6.07) is 1.66. The van der Waals surface area contributed by atoms with Gasteiger partial charge in [0.1, 0.15) is 7.61 Å². The second-order valence-electron chi connectivity index (χ2n) is 2.18. The van der Waals surface area contributed by atoms with E-state index in [1.54, 1.807) is 6.07 Å². The predicted molar refractivity (Wildman–Crippen MR) is 35.2 cm³/mol. The molecule has 0 aliphatic heterocycles. The Labute approximate surface area is 56.3 Å². The topological polar surface area (TPSA) is 26.0 Å². The molecule has 0 bridgehead atoms. The van der Waals surface area contributed by atoms with Crippen molar-refractivity contribution in [2.45, 2.75) is 26.2 Å². The molecule has 0 spiro atoms. The normalized spacial score (nSPS) is 15.1. The van der Waals surface area contributed by atoms with Gasteiger partial charge in [0.05, 0.1) is 5.69 Å². The molecular weight excluding hydrogens is 114 g/mol. The lowest BCUT2D eigenvalue weighted by Crippen LogP contribution is -1.89. The van der Waals surface area contributed by atoms with Gasteiger partial charge in [0.25, 0.3) is 0 Å². The van der Waals surface area contributed by atoms with Crippen LogP contribution < -0.4 is 0 Å². The van der Waals surface area contributed by atoms with Crippen molar-refractivity contribution in [3.05, 3.63) is 18.0 Å². The van der Waals surface area contributed by atoms with E-state index in [0.717, 1.165) is 12.1 Å². The fourth-order valence-corrected chi connectivity index (χ4v) is 0.634. The zero-order valence-corrected chi connectivity index (χ0v) is 5.72. The van der Waals surface area contributed by atoms with Crippen LogP contribution in [0.25, 0.3) is 0 Å². The summed E-state index contributed by atoms with van der Waals surface area (Å²) in [6.07, 6.45) is 1.18. The van der Waals surface area contributed by atoms with Crippen molar-refractivity contribution in [3.63, 3.8) is 0 Å². The van der Waals surface area contributed by atoms with Crippen LogP contribution in [0.4, 0.5) is 0 Å². The van der Waals surface area contributed by atoms with Crippen molar-refractivity contribution in [3.8, 4) is 0 Å². The van der Waals surface area contributed by atoms with E-state index in [9.17, 15) is 0 Å². The fourth-order valence-electron chi connectivity index (χ4n) is 0.634. The summed E-state index contributed by atoms with van der Waals surface area (Å²) >= 11 is 0. The molecule has 0 aromatic carbocycles. The van der Waals surface area contributed by atoms with Gasteiger partial charge < -0.3 is 4.52 Å². The number of hydrogen-bond acceptors (Lipinski definition) is 2. The van der Waals surface area contributed by atoms with Crippen LogP contribution in [0.1, 0.15) is 33.3 Å². The van der Waals surface area contributed by atoms with E-state index >= 15 is 0 Å². The molecule has 0 saturated heterocycles. The number of rotatable bonds is 2. The van der Waals surface area contributed by atoms with Gasteiger partial charge in [0.15, 0.2) is 0 Å².